The van der Waals surface area contributed by atoms with E-state index in [-0.39, 0.29) is 0 Å². The summed E-state index contributed by atoms with van der Waals surface area (Å²) >= 11 is 0. The van der Waals surface area contributed by atoms with Crippen molar-refractivity contribution in [3.05, 3.63) is 0 Å². The summed E-state index contributed by atoms with van der Waals surface area (Å²) in [6.45, 7) is 17.8. The van der Waals surface area contributed by atoms with E-state index in [1.54, 1.807) is 0 Å². The van der Waals surface area contributed by atoms with Crippen molar-refractivity contribution in [3.8, 4) is 0 Å². The summed E-state index contributed by atoms with van der Waals surface area (Å²) in [6.07, 6.45) is 9.99. The second-order valence-corrected chi connectivity index (χ2v) is 9.46. The van der Waals surface area contributed by atoms with Gasteiger partial charge in [0.1, 0.15) is 0 Å². The molecular formula is C20H41N. The Labute approximate surface area is 134 Å². The third kappa shape index (κ3) is 6.72. The molecule has 0 aromatic rings. The van der Waals surface area contributed by atoms with Crippen LogP contribution in [-0.4, -0.2) is 12.6 Å². The van der Waals surface area contributed by atoms with E-state index < -0.39 is 0 Å². The highest BCUT2D eigenvalue weighted by atomic mass is 14.9. The molecule has 21 heavy (non-hydrogen) atoms. The first-order valence-corrected chi connectivity index (χ1v) is 9.38. The molecule has 1 nitrogen and oxygen atoms in total. The van der Waals surface area contributed by atoms with Crippen LogP contribution in [0.15, 0.2) is 0 Å². The highest BCUT2D eigenvalue weighted by molar-refractivity contribution is 4.90. The minimum Gasteiger partial charge on any atom is -0.314 e. The molecule has 0 radical (unpaired) electrons. The van der Waals surface area contributed by atoms with Gasteiger partial charge in [-0.1, -0.05) is 61.3 Å². The summed E-state index contributed by atoms with van der Waals surface area (Å²) in [5.74, 6) is 1.78. The molecule has 1 aliphatic carbocycles. The van der Waals surface area contributed by atoms with Gasteiger partial charge in [-0.15, -0.1) is 0 Å². The second-order valence-electron chi connectivity index (χ2n) is 9.46. The molecule has 0 bridgehead atoms. The Bertz CT molecular complexity index is 277. The van der Waals surface area contributed by atoms with Crippen LogP contribution in [0.2, 0.25) is 0 Å². The van der Waals surface area contributed by atoms with Gasteiger partial charge in [-0.05, 0) is 54.8 Å². The Kier molecular flexibility index (Phi) is 7.24. The van der Waals surface area contributed by atoms with Gasteiger partial charge in [0.05, 0.1) is 0 Å². The molecule has 0 amide bonds. The van der Waals surface area contributed by atoms with Gasteiger partial charge in [-0.3, -0.25) is 0 Å². The topological polar surface area (TPSA) is 12.0 Å². The SMILES string of the molecule is CC(C)CCCC1(CNC(C)C)CCC(C(C)(C)C)CC1. The van der Waals surface area contributed by atoms with Gasteiger partial charge in [0.25, 0.3) is 0 Å². The Morgan fingerprint density at radius 2 is 1.62 bits per heavy atom. The van der Waals surface area contributed by atoms with E-state index in [0.29, 0.717) is 16.9 Å². The average Bonchev–Trinajstić information content (AvgIpc) is 2.35. The molecule has 0 aromatic carbocycles. The van der Waals surface area contributed by atoms with Crippen LogP contribution in [0.25, 0.3) is 0 Å². The van der Waals surface area contributed by atoms with E-state index in [0.717, 1.165) is 11.8 Å². The Balaban J connectivity index is 2.58. The Morgan fingerprint density at radius 3 is 2.05 bits per heavy atom. The molecule has 0 spiro atoms. The molecule has 1 heteroatoms. The lowest BCUT2D eigenvalue weighted by atomic mass is 9.62. The second kappa shape index (κ2) is 7.99. The van der Waals surface area contributed by atoms with Crippen molar-refractivity contribution < 1.29 is 0 Å². The zero-order valence-corrected chi connectivity index (χ0v) is 15.9. The molecule has 0 aliphatic heterocycles. The molecule has 0 atom stereocenters. The fraction of sp³-hybridized carbons (Fsp3) is 1.00. The molecule has 126 valence electrons. The van der Waals surface area contributed by atoms with Crippen LogP contribution in [0, 0.1) is 22.7 Å². The number of hydrogen-bond donors (Lipinski definition) is 1. The quantitative estimate of drug-likeness (QED) is 0.604. The number of hydrogen-bond acceptors (Lipinski definition) is 1. The normalized spacial score (nSPS) is 27.6. The predicted molar refractivity (Wildman–Crippen MR) is 95.7 cm³/mol. The summed E-state index contributed by atoms with van der Waals surface area (Å²) in [5, 5.41) is 3.75. The molecule has 0 heterocycles. The lowest BCUT2D eigenvalue weighted by Gasteiger charge is -2.45. The van der Waals surface area contributed by atoms with Crippen molar-refractivity contribution in [2.24, 2.45) is 22.7 Å². The molecule has 1 aliphatic rings. The maximum Gasteiger partial charge on any atom is 0.00106 e. The third-order valence-electron chi connectivity index (χ3n) is 5.64. The van der Waals surface area contributed by atoms with Crippen molar-refractivity contribution in [3.63, 3.8) is 0 Å². The van der Waals surface area contributed by atoms with Crippen molar-refractivity contribution in [1.82, 2.24) is 5.32 Å². The zero-order chi connectivity index (χ0) is 16.1. The number of nitrogens with one attached hydrogen (secondary N) is 1. The van der Waals surface area contributed by atoms with Crippen molar-refractivity contribution >= 4 is 0 Å². The molecule has 1 saturated carbocycles. The highest BCUT2D eigenvalue weighted by Gasteiger charge is 2.38. The maximum atomic E-state index is 3.75. The first-order valence-electron chi connectivity index (χ1n) is 9.38. The van der Waals surface area contributed by atoms with Crippen molar-refractivity contribution in [1.29, 1.82) is 0 Å². The summed E-state index contributed by atoms with van der Waals surface area (Å²) < 4.78 is 0. The molecule has 1 N–H and O–H groups in total. The van der Waals surface area contributed by atoms with Crippen LogP contribution in [0.5, 0.6) is 0 Å². The summed E-state index contributed by atoms with van der Waals surface area (Å²) in [5.41, 5.74) is 1.08. The van der Waals surface area contributed by atoms with Crippen LogP contribution >= 0.6 is 0 Å². The lowest BCUT2D eigenvalue weighted by molar-refractivity contribution is 0.0754. The van der Waals surface area contributed by atoms with Gasteiger partial charge in [0.2, 0.25) is 0 Å². The summed E-state index contributed by atoms with van der Waals surface area (Å²) in [6, 6.07) is 0.618. The summed E-state index contributed by atoms with van der Waals surface area (Å²) in [4.78, 5) is 0. The predicted octanol–water partition coefficient (Wildman–Crippen LogP) is 6.03. The Morgan fingerprint density at radius 1 is 1.05 bits per heavy atom. The molecule has 0 aromatic heterocycles. The molecular weight excluding hydrogens is 254 g/mol. The van der Waals surface area contributed by atoms with E-state index in [9.17, 15) is 0 Å². The first kappa shape index (κ1) is 19.0. The van der Waals surface area contributed by atoms with Gasteiger partial charge in [-0.2, -0.15) is 0 Å². The van der Waals surface area contributed by atoms with Crippen LogP contribution in [0.4, 0.5) is 0 Å². The van der Waals surface area contributed by atoms with E-state index in [2.05, 4.69) is 53.8 Å². The van der Waals surface area contributed by atoms with Gasteiger partial charge < -0.3 is 5.32 Å². The Hall–Kier alpha value is -0.0400. The monoisotopic (exact) mass is 295 g/mol. The minimum atomic E-state index is 0.496. The zero-order valence-electron chi connectivity index (χ0n) is 15.9. The van der Waals surface area contributed by atoms with E-state index in [4.69, 9.17) is 0 Å². The van der Waals surface area contributed by atoms with E-state index >= 15 is 0 Å². The first-order chi connectivity index (χ1) is 9.65. The minimum absolute atomic E-state index is 0.496. The lowest BCUT2D eigenvalue weighted by Crippen LogP contribution is -2.41. The molecule has 1 rings (SSSR count). The standard InChI is InChI=1S/C20H41N/c1-16(2)9-8-12-20(15-21-17(3)4)13-10-18(11-14-20)19(5,6)7/h16-18,21H,8-15H2,1-7H3. The fourth-order valence-electron chi connectivity index (χ4n) is 3.92. The molecule has 0 saturated heterocycles. The largest absolute Gasteiger partial charge is 0.314 e. The van der Waals surface area contributed by atoms with E-state index in [1.165, 1.54) is 51.5 Å². The number of rotatable bonds is 7. The van der Waals surface area contributed by atoms with Crippen molar-refractivity contribution in [2.45, 2.75) is 99.5 Å². The smallest absolute Gasteiger partial charge is 0.00106 e. The van der Waals surface area contributed by atoms with Crippen LogP contribution in [0.3, 0.4) is 0 Å². The highest BCUT2D eigenvalue weighted by Crippen LogP contribution is 2.47. The third-order valence-corrected chi connectivity index (χ3v) is 5.64. The van der Waals surface area contributed by atoms with Crippen LogP contribution < -0.4 is 5.32 Å². The van der Waals surface area contributed by atoms with Gasteiger partial charge in [0, 0.05) is 12.6 Å². The maximum absolute atomic E-state index is 3.75. The van der Waals surface area contributed by atoms with Gasteiger partial charge in [-0.25, -0.2) is 0 Å². The van der Waals surface area contributed by atoms with Gasteiger partial charge in [0.15, 0.2) is 0 Å². The van der Waals surface area contributed by atoms with E-state index in [1.807, 2.05) is 0 Å². The van der Waals surface area contributed by atoms with Crippen molar-refractivity contribution in [2.75, 3.05) is 6.54 Å². The molecule has 0 unspecified atom stereocenters. The van der Waals surface area contributed by atoms with Crippen LogP contribution in [-0.2, 0) is 0 Å². The van der Waals surface area contributed by atoms with Gasteiger partial charge >= 0.3 is 0 Å². The average molecular weight is 296 g/mol. The fourth-order valence-corrected chi connectivity index (χ4v) is 3.92. The molecule has 1 fully saturated rings. The van der Waals surface area contributed by atoms with Crippen LogP contribution in [0.1, 0.15) is 93.4 Å². The summed E-state index contributed by atoms with van der Waals surface area (Å²) in [7, 11) is 0.